The van der Waals surface area contributed by atoms with E-state index < -0.39 is 28.9 Å². The second-order valence-corrected chi connectivity index (χ2v) is 7.65. The Morgan fingerprint density at radius 2 is 2.03 bits per heavy atom. The van der Waals surface area contributed by atoms with Crippen molar-refractivity contribution in [3.05, 3.63) is 58.4 Å². The first-order chi connectivity index (χ1) is 14.6. The van der Waals surface area contributed by atoms with Crippen molar-refractivity contribution >= 4 is 34.8 Å². The topological polar surface area (TPSA) is 98.1 Å². The van der Waals surface area contributed by atoms with Gasteiger partial charge >= 0.3 is 6.18 Å². The summed E-state index contributed by atoms with van der Waals surface area (Å²) in [6, 6.07) is 7.19. The van der Waals surface area contributed by atoms with E-state index in [2.05, 4.69) is 15.6 Å². The van der Waals surface area contributed by atoms with Crippen LogP contribution in [0, 0.1) is 11.3 Å². The second kappa shape index (κ2) is 7.02. The highest BCUT2D eigenvalue weighted by molar-refractivity contribution is 7.80. The van der Waals surface area contributed by atoms with Crippen molar-refractivity contribution in [3.63, 3.8) is 0 Å². The molecule has 2 aliphatic rings. The van der Waals surface area contributed by atoms with Gasteiger partial charge in [-0.05, 0) is 41.5 Å². The number of nitrogens with zero attached hydrogens (tertiary/aromatic N) is 3. The average Bonchev–Trinajstić information content (AvgIpc) is 3.21. The molecule has 1 fully saturated rings. The minimum atomic E-state index is -4.82. The molecule has 1 spiro atoms. The van der Waals surface area contributed by atoms with Gasteiger partial charge in [-0.15, -0.1) is 0 Å². The van der Waals surface area contributed by atoms with Crippen LogP contribution >= 0.6 is 12.2 Å². The smallest absolute Gasteiger partial charge is 0.355 e. The number of thiocarbonyl (C=S) groups is 1. The first-order valence-electron chi connectivity index (χ1n) is 9.07. The van der Waals surface area contributed by atoms with Crippen molar-refractivity contribution in [2.75, 3.05) is 11.9 Å². The molecule has 2 N–H and O–H groups in total. The molecule has 4 rings (SSSR count). The summed E-state index contributed by atoms with van der Waals surface area (Å²) in [6.45, 7) is 0. The summed E-state index contributed by atoms with van der Waals surface area (Å²) < 4.78 is 40.0. The fourth-order valence-electron chi connectivity index (χ4n) is 3.94. The number of benzene rings is 1. The van der Waals surface area contributed by atoms with Gasteiger partial charge in [-0.1, -0.05) is 6.07 Å². The average molecular weight is 445 g/mol. The quantitative estimate of drug-likeness (QED) is 0.687. The lowest BCUT2D eigenvalue weighted by molar-refractivity contribution is -0.138. The number of carbonyl (C=O) groups excluding carboxylic acids is 2. The number of fused-ring (bicyclic) bond motifs is 1. The summed E-state index contributed by atoms with van der Waals surface area (Å²) in [5, 5.41) is 14.4. The maximum Gasteiger partial charge on any atom is 0.419 e. The molecule has 0 bridgehead atoms. The molecule has 158 valence electrons. The number of halogens is 3. The Balaban J connectivity index is 1.69. The van der Waals surface area contributed by atoms with Gasteiger partial charge in [-0.2, -0.15) is 18.4 Å². The van der Waals surface area contributed by atoms with Crippen LogP contribution in [0.15, 0.2) is 30.5 Å². The van der Waals surface area contributed by atoms with Gasteiger partial charge < -0.3 is 10.6 Å². The molecule has 0 saturated carbocycles. The Bertz CT molecular complexity index is 1190. The fraction of sp³-hybridized carbons (Fsp3) is 0.250. The molecular formula is C20H14F3N5O2S. The molecule has 1 aliphatic heterocycles. The number of amides is 2. The standard InChI is InChI=1S/C20H14F3N5O2S/c1-25-16(29)10-2-3-11-6-19(7-12(11)4-10)17(30)28(18(31)27-19)13-5-14(20(21,22)23)15(8-24)26-9-13/h2-5,9H,6-7H2,1H3,(H,25,29)(H,27,31). The van der Waals surface area contributed by atoms with E-state index >= 15 is 0 Å². The lowest BCUT2D eigenvalue weighted by atomic mass is 9.95. The molecule has 2 aromatic rings. The number of pyridine rings is 1. The molecule has 1 aromatic carbocycles. The monoisotopic (exact) mass is 445 g/mol. The maximum atomic E-state index is 13.3. The number of hydrogen-bond acceptors (Lipinski definition) is 5. The van der Waals surface area contributed by atoms with Gasteiger partial charge in [0, 0.05) is 25.5 Å². The minimum Gasteiger partial charge on any atom is -0.355 e. The molecule has 1 saturated heterocycles. The Hall–Kier alpha value is -3.52. The summed E-state index contributed by atoms with van der Waals surface area (Å²) in [4.78, 5) is 29.8. The first-order valence-corrected chi connectivity index (χ1v) is 9.48. The van der Waals surface area contributed by atoms with E-state index in [0.29, 0.717) is 11.6 Å². The fourth-order valence-corrected chi connectivity index (χ4v) is 4.32. The lowest BCUT2D eigenvalue weighted by Crippen LogP contribution is -2.48. The van der Waals surface area contributed by atoms with Crippen LogP contribution in [0.25, 0.3) is 0 Å². The molecule has 11 heteroatoms. The van der Waals surface area contributed by atoms with Gasteiger partial charge in [0.25, 0.3) is 11.8 Å². The van der Waals surface area contributed by atoms with Gasteiger partial charge in [0.2, 0.25) is 0 Å². The molecule has 2 amide bonds. The number of rotatable bonds is 2. The lowest BCUT2D eigenvalue weighted by Gasteiger charge is -2.21. The molecule has 2 heterocycles. The molecular weight excluding hydrogens is 431 g/mol. The van der Waals surface area contributed by atoms with Crippen LogP contribution in [0.1, 0.15) is 32.7 Å². The van der Waals surface area contributed by atoms with Crippen molar-refractivity contribution in [2.45, 2.75) is 24.6 Å². The number of anilines is 1. The first kappa shape index (κ1) is 20.7. The van der Waals surface area contributed by atoms with Crippen molar-refractivity contribution in [1.29, 1.82) is 5.26 Å². The molecule has 1 unspecified atom stereocenters. The normalized spacial score (nSPS) is 19.9. The van der Waals surface area contributed by atoms with Crippen LogP contribution < -0.4 is 15.5 Å². The highest BCUT2D eigenvalue weighted by Crippen LogP contribution is 2.39. The molecule has 1 aliphatic carbocycles. The van der Waals surface area contributed by atoms with E-state index in [1.54, 1.807) is 18.2 Å². The van der Waals surface area contributed by atoms with Crippen LogP contribution in [0.5, 0.6) is 0 Å². The molecule has 0 radical (unpaired) electrons. The largest absolute Gasteiger partial charge is 0.419 e. The number of nitrogens with one attached hydrogen (secondary N) is 2. The molecule has 1 aromatic heterocycles. The summed E-state index contributed by atoms with van der Waals surface area (Å²) in [6.07, 6.45) is -3.31. The van der Waals surface area contributed by atoms with Gasteiger partial charge in [0.15, 0.2) is 10.8 Å². The third-order valence-corrected chi connectivity index (χ3v) is 5.67. The maximum absolute atomic E-state index is 13.3. The summed E-state index contributed by atoms with van der Waals surface area (Å²) in [7, 11) is 1.51. The zero-order chi connectivity index (χ0) is 22.6. The van der Waals surface area contributed by atoms with Gasteiger partial charge in [-0.25, -0.2) is 4.98 Å². The number of alkyl halides is 3. The summed E-state index contributed by atoms with van der Waals surface area (Å²) in [5.41, 5.74) is -1.30. The Morgan fingerprint density at radius 3 is 2.68 bits per heavy atom. The predicted molar refractivity (Wildman–Crippen MR) is 107 cm³/mol. The van der Waals surface area contributed by atoms with Crippen molar-refractivity contribution in [2.24, 2.45) is 0 Å². The van der Waals surface area contributed by atoms with E-state index in [0.717, 1.165) is 22.2 Å². The van der Waals surface area contributed by atoms with E-state index in [-0.39, 0.29) is 29.5 Å². The zero-order valence-electron chi connectivity index (χ0n) is 16.0. The second-order valence-electron chi connectivity index (χ2n) is 7.27. The van der Waals surface area contributed by atoms with Gasteiger partial charge in [0.1, 0.15) is 11.6 Å². The molecule has 1 atom stereocenters. The number of carbonyl (C=O) groups is 2. The van der Waals surface area contributed by atoms with Crippen LogP contribution in [0.2, 0.25) is 0 Å². The van der Waals surface area contributed by atoms with E-state index in [1.165, 1.54) is 13.1 Å². The zero-order valence-corrected chi connectivity index (χ0v) is 16.8. The molecule has 31 heavy (non-hydrogen) atoms. The van der Waals surface area contributed by atoms with Crippen molar-refractivity contribution < 1.29 is 22.8 Å². The Labute approximate surface area is 179 Å². The Morgan fingerprint density at radius 1 is 1.32 bits per heavy atom. The number of aromatic nitrogens is 1. The van der Waals surface area contributed by atoms with E-state index in [4.69, 9.17) is 17.5 Å². The van der Waals surface area contributed by atoms with Crippen LogP contribution in [0.4, 0.5) is 18.9 Å². The van der Waals surface area contributed by atoms with Crippen molar-refractivity contribution in [3.8, 4) is 6.07 Å². The van der Waals surface area contributed by atoms with Crippen LogP contribution in [-0.2, 0) is 23.8 Å². The number of nitriles is 1. The van der Waals surface area contributed by atoms with Crippen molar-refractivity contribution in [1.82, 2.24) is 15.6 Å². The summed E-state index contributed by atoms with van der Waals surface area (Å²) >= 11 is 5.26. The third kappa shape index (κ3) is 3.29. The van der Waals surface area contributed by atoms with Crippen LogP contribution in [-0.4, -0.2) is 34.5 Å². The third-order valence-electron chi connectivity index (χ3n) is 5.38. The SMILES string of the molecule is CNC(=O)c1ccc2c(c1)CC1(C2)NC(=S)N(c2cnc(C#N)c(C(F)(F)F)c2)C1=O. The van der Waals surface area contributed by atoms with Crippen LogP contribution in [0.3, 0.4) is 0 Å². The van der Waals surface area contributed by atoms with Gasteiger partial charge in [-0.3, -0.25) is 14.5 Å². The highest BCUT2D eigenvalue weighted by atomic mass is 32.1. The van der Waals surface area contributed by atoms with Gasteiger partial charge in [0.05, 0.1) is 17.4 Å². The highest BCUT2D eigenvalue weighted by Gasteiger charge is 2.53. The minimum absolute atomic E-state index is 0.0519. The Kier molecular flexibility index (Phi) is 4.70. The summed E-state index contributed by atoms with van der Waals surface area (Å²) in [5.74, 6) is -0.787. The van der Waals surface area contributed by atoms with E-state index in [9.17, 15) is 22.8 Å². The predicted octanol–water partition coefficient (Wildman–Crippen LogP) is 2.09. The molecule has 7 nitrogen and oxygen atoms in total. The van der Waals surface area contributed by atoms with E-state index in [1.807, 2.05) is 0 Å². The number of hydrogen-bond donors (Lipinski definition) is 2.